The van der Waals surface area contributed by atoms with Gasteiger partial charge in [-0.3, -0.25) is 9.59 Å². The number of carbonyl (C=O) groups excluding carboxylic acids is 2. The van der Waals surface area contributed by atoms with Gasteiger partial charge in [0, 0.05) is 6.42 Å². The predicted octanol–water partition coefficient (Wildman–Crippen LogP) is 2.42. The molecule has 4 atom stereocenters. The van der Waals surface area contributed by atoms with E-state index in [1.54, 1.807) is 6.08 Å². The number of ether oxygens (including phenoxy) is 3. The fourth-order valence-corrected chi connectivity index (χ4v) is 4.80. The number of ketones is 2. The van der Waals surface area contributed by atoms with Crippen LogP contribution in [0.2, 0.25) is 0 Å². The molecule has 25 heavy (non-hydrogen) atoms. The number of allylic oxidation sites excluding steroid dienone is 1. The molecule has 1 saturated carbocycles. The van der Waals surface area contributed by atoms with Gasteiger partial charge in [-0.15, -0.1) is 0 Å². The molecule has 1 saturated heterocycles. The maximum Gasteiger partial charge on any atom is 0.284 e. The molecule has 0 aromatic heterocycles. The number of hydrogen-bond donors (Lipinski definition) is 0. The lowest BCUT2D eigenvalue weighted by atomic mass is 9.68. The van der Waals surface area contributed by atoms with Crippen molar-refractivity contribution in [2.24, 2.45) is 11.8 Å². The number of rotatable bonds is 0. The Morgan fingerprint density at radius 2 is 1.72 bits per heavy atom. The van der Waals surface area contributed by atoms with E-state index in [-0.39, 0.29) is 24.1 Å². The van der Waals surface area contributed by atoms with Gasteiger partial charge in [-0.2, -0.15) is 0 Å². The SMILES string of the molecule is O=C1C=CC2OC3CC(=O)C1C2C31Oc2cccc3cccc(c23)O1. The molecule has 2 aliphatic carbocycles. The normalized spacial score (nSPS) is 33.4. The number of hydrogen-bond acceptors (Lipinski definition) is 5. The Hall–Kier alpha value is -2.66. The highest BCUT2D eigenvalue weighted by Crippen LogP contribution is 2.55. The van der Waals surface area contributed by atoms with E-state index >= 15 is 0 Å². The minimum atomic E-state index is -1.13. The van der Waals surface area contributed by atoms with Gasteiger partial charge in [-0.25, -0.2) is 0 Å². The van der Waals surface area contributed by atoms with Gasteiger partial charge in [0.05, 0.1) is 23.3 Å². The lowest BCUT2D eigenvalue weighted by Gasteiger charge is -2.46. The second kappa shape index (κ2) is 4.29. The Morgan fingerprint density at radius 3 is 2.44 bits per heavy atom. The molecule has 5 nitrogen and oxygen atoms in total. The summed E-state index contributed by atoms with van der Waals surface area (Å²) in [6.45, 7) is 0. The van der Waals surface area contributed by atoms with E-state index in [0.29, 0.717) is 11.5 Å². The molecular weight excluding hydrogens is 320 g/mol. The van der Waals surface area contributed by atoms with Gasteiger partial charge >= 0.3 is 0 Å². The van der Waals surface area contributed by atoms with Crippen molar-refractivity contribution >= 4 is 22.3 Å². The molecule has 0 radical (unpaired) electrons. The molecule has 4 aliphatic rings. The van der Waals surface area contributed by atoms with Crippen LogP contribution in [0.1, 0.15) is 6.42 Å². The maximum absolute atomic E-state index is 12.5. The first-order valence-electron chi connectivity index (χ1n) is 8.47. The average Bonchev–Trinajstić information content (AvgIpc) is 2.81. The summed E-state index contributed by atoms with van der Waals surface area (Å²) in [5.74, 6) is -1.18. The van der Waals surface area contributed by atoms with E-state index in [9.17, 15) is 9.59 Å². The van der Waals surface area contributed by atoms with Crippen LogP contribution in [0.25, 0.3) is 10.8 Å². The Morgan fingerprint density at radius 1 is 1.00 bits per heavy atom. The molecule has 0 N–H and O–H groups in total. The van der Waals surface area contributed by atoms with Crippen molar-refractivity contribution in [2.75, 3.05) is 0 Å². The van der Waals surface area contributed by atoms with Crippen molar-refractivity contribution in [3.05, 3.63) is 48.6 Å². The molecule has 2 heterocycles. The molecule has 124 valence electrons. The maximum atomic E-state index is 12.5. The first-order chi connectivity index (χ1) is 12.2. The Balaban J connectivity index is 1.57. The Labute approximate surface area is 143 Å². The molecule has 2 aliphatic heterocycles. The third-order valence-electron chi connectivity index (χ3n) is 5.81. The Kier molecular flexibility index (Phi) is 2.34. The highest BCUT2D eigenvalue weighted by atomic mass is 16.7. The van der Waals surface area contributed by atoms with Crippen LogP contribution in [-0.4, -0.2) is 29.6 Å². The summed E-state index contributed by atoms with van der Waals surface area (Å²) in [4.78, 5) is 24.9. The average molecular weight is 334 g/mol. The van der Waals surface area contributed by atoms with Gasteiger partial charge in [0.15, 0.2) is 5.78 Å². The summed E-state index contributed by atoms with van der Waals surface area (Å²) >= 11 is 0. The fraction of sp³-hybridized carbons (Fsp3) is 0.300. The second-order valence-corrected chi connectivity index (χ2v) is 7.06. The first kappa shape index (κ1) is 13.6. The molecule has 6 rings (SSSR count). The third-order valence-corrected chi connectivity index (χ3v) is 5.81. The molecular formula is C20H14O5. The quantitative estimate of drug-likeness (QED) is 0.693. The molecule has 2 fully saturated rings. The van der Waals surface area contributed by atoms with Crippen molar-refractivity contribution in [2.45, 2.75) is 24.4 Å². The van der Waals surface area contributed by atoms with Gasteiger partial charge < -0.3 is 14.2 Å². The van der Waals surface area contributed by atoms with Crippen molar-refractivity contribution in [1.82, 2.24) is 0 Å². The molecule has 0 amide bonds. The zero-order chi connectivity index (χ0) is 16.8. The Bertz CT molecular complexity index is 950. The van der Waals surface area contributed by atoms with E-state index in [2.05, 4.69) is 0 Å². The minimum Gasteiger partial charge on any atom is -0.448 e. The van der Waals surface area contributed by atoms with Crippen LogP contribution in [-0.2, 0) is 14.3 Å². The van der Waals surface area contributed by atoms with Crippen LogP contribution in [0, 0.1) is 11.8 Å². The van der Waals surface area contributed by atoms with Crippen LogP contribution in [0.15, 0.2) is 48.6 Å². The van der Waals surface area contributed by atoms with E-state index in [4.69, 9.17) is 14.2 Å². The van der Waals surface area contributed by atoms with Gasteiger partial charge in [0.1, 0.15) is 23.4 Å². The fourth-order valence-electron chi connectivity index (χ4n) is 4.80. The number of Topliss-reactive ketones (excluding diaryl/α,β-unsaturated/α-hetero) is 1. The summed E-state index contributed by atoms with van der Waals surface area (Å²) in [7, 11) is 0. The van der Waals surface area contributed by atoms with E-state index in [0.717, 1.165) is 10.8 Å². The van der Waals surface area contributed by atoms with Crippen molar-refractivity contribution in [3.63, 3.8) is 0 Å². The van der Waals surface area contributed by atoms with Gasteiger partial charge in [-0.1, -0.05) is 30.3 Å². The van der Waals surface area contributed by atoms with Gasteiger partial charge in [0.2, 0.25) is 0 Å². The number of benzene rings is 2. The monoisotopic (exact) mass is 334 g/mol. The standard InChI is InChI=1S/C20H14O5/c21-11-7-8-15-19-18(11)12(22)9-16(23-15)20(19)24-13-5-1-3-10-4-2-6-14(25-20)17(10)13/h1-8,15-16,18-19H,9H2. The first-order valence-corrected chi connectivity index (χ1v) is 8.47. The second-order valence-electron chi connectivity index (χ2n) is 7.06. The van der Waals surface area contributed by atoms with Gasteiger partial charge in [-0.05, 0) is 23.6 Å². The predicted molar refractivity (Wildman–Crippen MR) is 87.3 cm³/mol. The van der Waals surface area contributed by atoms with Gasteiger partial charge in [0.25, 0.3) is 5.79 Å². The molecule has 2 bridgehead atoms. The van der Waals surface area contributed by atoms with Crippen molar-refractivity contribution in [3.8, 4) is 11.5 Å². The summed E-state index contributed by atoms with van der Waals surface area (Å²) in [5.41, 5.74) is 0. The van der Waals surface area contributed by atoms with Crippen LogP contribution >= 0.6 is 0 Å². The summed E-state index contributed by atoms with van der Waals surface area (Å²) in [6, 6.07) is 11.7. The smallest absolute Gasteiger partial charge is 0.284 e. The molecule has 4 unspecified atom stereocenters. The van der Waals surface area contributed by atoms with Crippen molar-refractivity contribution < 1.29 is 23.8 Å². The zero-order valence-corrected chi connectivity index (χ0v) is 13.2. The van der Waals surface area contributed by atoms with E-state index in [1.165, 1.54) is 6.08 Å². The highest BCUT2D eigenvalue weighted by Gasteiger charge is 2.70. The minimum absolute atomic E-state index is 0.0817. The third kappa shape index (κ3) is 1.53. The molecule has 2 aromatic carbocycles. The van der Waals surface area contributed by atoms with Crippen LogP contribution < -0.4 is 9.47 Å². The summed E-state index contributed by atoms with van der Waals surface area (Å²) in [6.07, 6.45) is 2.46. The highest BCUT2D eigenvalue weighted by molar-refractivity contribution is 6.09. The largest absolute Gasteiger partial charge is 0.448 e. The van der Waals surface area contributed by atoms with Crippen LogP contribution in [0.3, 0.4) is 0 Å². The molecule has 2 aromatic rings. The van der Waals surface area contributed by atoms with E-state index in [1.807, 2.05) is 36.4 Å². The molecule has 5 heteroatoms. The van der Waals surface area contributed by atoms with Crippen LogP contribution in [0.4, 0.5) is 0 Å². The van der Waals surface area contributed by atoms with E-state index < -0.39 is 23.7 Å². The lowest BCUT2D eigenvalue weighted by molar-refractivity contribution is -0.201. The lowest BCUT2D eigenvalue weighted by Crippen LogP contribution is -2.64. The number of carbonyl (C=O) groups is 2. The summed E-state index contributed by atoms with van der Waals surface area (Å²) < 4.78 is 18.8. The topological polar surface area (TPSA) is 61.8 Å². The van der Waals surface area contributed by atoms with Crippen molar-refractivity contribution in [1.29, 1.82) is 0 Å². The molecule has 1 spiro atoms. The zero-order valence-electron chi connectivity index (χ0n) is 13.2. The summed E-state index contributed by atoms with van der Waals surface area (Å²) in [5, 5.41) is 1.94. The van der Waals surface area contributed by atoms with Crippen LogP contribution in [0.5, 0.6) is 11.5 Å².